The van der Waals surface area contributed by atoms with Crippen molar-refractivity contribution < 1.29 is 9.53 Å². The predicted molar refractivity (Wildman–Crippen MR) is 56.9 cm³/mol. The zero-order chi connectivity index (χ0) is 10.6. The molecule has 0 aromatic rings. The maximum absolute atomic E-state index is 10.6. The lowest BCUT2D eigenvalue weighted by Crippen LogP contribution is -2.22. The molecule has 0 aromatic carbocycles. The molecule has 1 aliphatic rings. The Morgan fingerprint density at radius 3 is 2.29 bits per heavy atom. The summed E-state index contributed by atoms with van der Waals surface area (Å²) < 4.78 is 5.04. The summed E-state index contributed by atoms with van der Waals surface area (Å²) in [4.78, 5) is 10.6. The molecular weight excluding hydrogens is 176 g/mol. The van der Waals surface area contributed by atoms with E-state index in [0.29, 0.717) is 12.5 Å². The Bertz CT molecular complexity index is 179. The highest BCUT2D eigenvalue weighted by atomic mass is 16.5. The molecule has 0 N–H and O–H groups in total. The van der Waals surface area contributed by atoms with Crippen LogP contribution in [-0.2, 0) is 9.53 Å². The molecule has 2 heteroatoms. The summed E-state index contributed by atoms with van der Waals surface area (Å²) >= 11 is 0. The first-order valence-electron chi connectivity index (χ1n) is 5.73. The lowest BCUT2D eigenvalue weighted by Gasteiger charge is -2.30. The number of rotatable bonds is 3. The molecule has 1 aliphatic carbocycles. The topological polar surface area (TPSA) is 26.3 Å². The van der Waals surface area contributed by atoms with Crippen molar-refractivity contribution in [3.63, 3.8) is 0 Å². The van der Waals surface area contributed by atoms with Gasteiger partial charge >= 0.3 is 5.97 Å². The van der Waals surface area contributed by atoms with Gasteiger partial charge in [0.15, 0.2) is 0 Å². The summed E-state index contributed by atoms with van der Waals surface area (Å²) in [6.45, 7) is 6.73. The van der Waals surface area contributed by atoms with Crippen molar-refractivity contribution in [2.24, 2.45) is 17.8 Å². The Labute approximate surface area is 87.0 Å². The Hall–Kier alpha value is -0.530. The maximum atomic E-state index is 10.6. The van der Waals surface area contributed by atoms with Gasteiger partial charge in [0.2, 0.25) is 0 Å². The lowest BCUT2D eigenvalue weighted by molar-refractivity contribution is -0.142. The van der Waals surface area contributed by atoms with Gasteiger partial charge in [-0.05, 0) is 43.4 Å². The van der Waals surface area contributed by atoms with Gasteiger partial charge in [0.25, 0.3) is 0 Å². The van der Waals surface area contributed by atoms with Gasteiger partial charge in [0.1, 0.15) is 0 Å². The lowest BCUT2D eigenvalue weighted by atomic mass is 9.77. The molecule has 1 rings (SSSR count). The molecule has 0 unspecified atom stereocenters. The molecule has 1 saturated carbocycles. The first-order chi connectivity index (χ1) is 6.59. The minimum Gasteiger partial charge on any atom is -0.466 e. The van der Waals surface area contributed by atoms with E-state index in [0.717, 1.165) is 11.8 Å². The van der Waals surface area contributed by atoms with Gasteiger partial charge in [0, 0.05) is 6.92 Å². The van der Waals surface area contributed by atoms with Crippen molar-refractivity contribution in [3.05, 3.63) is 0 Å². The van der Waals surface area contributed by atoms with E-state index >= 15 is 0 Å². The molecule has 0 amide bonds. The molecule has 0 atom stereocenters. The van der Waals surface area contributed by atoms with Gasteiger partial charge in [-0.25, -0.2) is 0 Å². The van der Waals surface area contributed by atoms with Gasteiger partial charge in [-0.1, -0.05) is 13.8 Å². The van der Waals surface area contributed by atoms with Crippen LogP contribution in [0.1, 0.15) is 46.5 Å². The van der Waals surface area contributed by atoms with E-state index in [2.05, 4.69) is 13.8 Å². The number of hydrogen-bond donors (Lipinski definition) is 0. The van der Waals surface area contributed by atoms with E-state index in [1.807, 2.05) is 0 Å². The monoisotopic (exact) mass is 198 g/mol. The second kappa shape index (κ2) is 5.38. The van der Waals surface area contributed by atoms with Gasteiger partial charge in [-0.3, -0.25) is 4.79 Å². The van der Waals surface area contributed by atoms with E-state index in [4.69, 9.17) is 4.74 Å². The highest BCUT2D eigenvalue weighted by Crippen LogP contribution is 2.33. The smallest absolute Gasteiger partial charge is 0.302 e. The van der Waals surface area contributed by atoms with E-state index < -0.39 is 0 Å². The van der Waals surface area contributed by atoms with Crippen molar-refractivity contribution in [1.82, 2.24) is 0 Å². The predicted octanol–water partition coefficient (Wildman–Crippen LogP) is 3.01. The van der Waals surface area contributed by atoms with Crippen LogP contribution >= 0.6 is 0 Å². The molecule has 2 nitrogen and oxygen atoms in total. The number of carbonyl (C=O) groups excluding carboxylic acids is 1. The molecule has 0 spiro atoms. The highest BCUT2D eigenvalue weighted by molar-refractivity contribution is 5.65. The number of ether oxygens (including phenoxy) is 1. The second-order valence-electron chi connectivity index (χ2n) is 4.83. The minimum atomic E-state index is -0.143. The van der Waals surface area contributed by atoms with Crippen LogP contribution < -0.4 is 0 Å². The maximum Gasteiger partial charge on any atom is 0.302 e. The average molecular weight is 198 g/mol. The number of hydrogen-bond acceptors (Lipinski definition) is 2. The summed E-state index contributed by atoms with van der Waals surface area (Å²) in [5.41, 5.74) is 0. The largest absolute Gasteiger partial charge is 0.466 e. The normalized spacial score (nSPS) is 27.7. The van der Waals surface area contributed by atoms with E-state index in [-0.39, 0.29) is 5.97 Å². The molecule has 14 heavy (non-hydrogen) atoms. The molecular formula is C12H22O2. The molecule has 0 heterocycles. The fourth-order valence-corrected chi connectivity index (χ4v) is 2.26. The second-order valence-corrected chi connectivity index (χ2v) is 4.83. The fourth-order valence-electron chi connectivity index (χ4n) is 2.26. The first kappa shape index (κ1) is 11.5. The first-order valence-corrected chi connectivity index (χ1v) is 5.73. The van der Waals surface area contributed by atoms with Crippen molar-refractivity contribution >= 4 is 5.97 Å². The Balaban J connectivity index is 2.19. The quantitative estimate of drug-likeness (QED) is 0.652. The average Bonchev–Trinajstić information content (AvgIpc) is 2.15. The molecule has 0 aliphatic heterocycles. The van der Waals surface area contributed by atoms with Gasteiger partial charge in [-0.15, -0.1) is 0 Å². The standard InChI is InChI=1S/C12H22O2/c1-9(2)12-6-4-11(5-7-12)8-14-10(3)13/h9,11-12H,4-8H2,1-3H3. The molecule has 0 bridgehead atoms. The van der Waals surface area contributed by atoms with Gasteiger partial charge in [-0.2, -0.15) is 0 Å². The Morgan fingerprint density at radius 1 is 1.29 bits per heavy atom. The highest BCUT2D eigenvalue weighted by Gasteiger charge is 2.23. The minimum absolute atomic E-state index is 0.143. The summed E-state index contributed by atoms with van der Waals surface area (Å²) in [7, 11) is 0. The van der Waals surface area contributed by atoms with E-state index in [1.54, 1.807) is 0 Å². The zero-order valence-corrected chi connectivity index (χ0v) is 9.58. The van der Waals surface area contributed by atoms with Crippen molar-refractivity contribution in [2.75, 3.05) is 6.61 Å². The van der Waals surface area contributed by atoms with E-state index in [1.165, 1.54) is 32.6 Å². The summed E-state index contributed by atoms with van der Waals surface area (Å²) in [5.74, 6) is 2.18. The third kappa shape index (κ3) is 3.69. The summed E-state index contributed by atoms with van der Waals surface area (Å²) in [6, 6.07) is 0. The number of carbonyl (C=O) groups is 1. The SMILES string of the molecule is CC(=O)OCC1CCC(C(C)C)CC1. The van der Waals surface area contributed by atoms with E-state index in [9.17, 15) is 4.79 Å². The number of esters is 1. The van der Waals surface area contributed by atoms with Crippen molar-refractivity contribution in [3.8, 4) is 0 Å². The van der Waals surface area contributed by atoms with Crippen LogP contribution in [0.2, 0.25) is 0 Å². The molecule has 0 aromatic heterocycles. The summed E-state index contributed by atoms with van der Waals surface area (Å²) in [6.07, 6.45) is 5.08. The van der Waals surface area contributed by atoms with Crippen LogP contribution in [0.5, 0.6) is 0 Å². The van der Waals surface area contributed by atoms with Crippen LogP contribution in [0.3, 0.4) is 0 Å². The third-order valence-electron chi connectivity index (χ3n) is 3.36. The molecule has 0 radical (unpaired) electrons. The van der Waals surface area contributed by atoms with Crippen molar-refractivity contribution in [1.29, 1.82) is 0 Å². The Morgan fingerprint density at radius 2 is 1.86 bits per heavy atom. The van der Waals surface area contributed by atoms with Gasteiger partial charge in [0.05, 0.1) is 6.61 Å². The summed E-state index contributed by atoms with van der Waals surface area (Å²) in [5, 5.41) is 0. The van der Waals surface area contributed by atoms with Gasteiger partial charge < -0.3 is 4.74 Å². The molecule has 82 valence electrons. The van der Waals surface area contributed by atoms with Crippen LogP contribution in [-0.4, -0.2) is 12.6 Å². The fraction of sp³-hybridized carbons (Fsp3) is 0.917. The van der Waals surface area contributed by atoms with Crippen LogP contribution in [0.4, 0.5) is 0 Å². The van der Waals surface area contributed by atoms with Crippen LogP contribution in [0.15, 0.2) is 0 Å². The third-order valence-corrected chi connectivity index (χ3v) is 3.36. The molecule has 0 saturated heterocycles. The zero-order valence-electron chi connectivity index (χ0n) is 9.58. The van der Waals surface area contributed by atoms with Crippen LogP contribution in [0.25, 0.3) is 0 Å². The molecule has 1 fully saturated rings. The van der Waals surface area contributed by atoms with Crippen LogP contribution in [0, 0.1) is 17.8 Å². The van der Waals surface area contributed by atoms with Crippen molar-refractivity contribution in [2.45, 2.75) is 46.5 Å². The Kier molecular flexibility index (Phi) is 4.43.